The zero-order valence-electron chi connectivity index (χ0n) is 19.0. The van der Waals surface area contributed by atoms with Gasteiger partial charge in [-0.1, -0.05) is 78.5 Å². The van der Waals surface area contributed by atoms with Crippen LogP contribution in [0.1, 0.15) is 11.8 Å². The molecule has 1 N–H and O–H groups in total. The number of thiophene rings is 1. The first-order valence-corrected chi connectivity index (χ1v) is 13.0. The third kappa shape index (κ3) is 4.36. The van der Waals surface area contributed by atoms with Crippen LogP contribution in [0.2, 0.25) is 0 Å². The van der Waals surface area contributed by atoms with Crippen molar-refractivity contribution in [1.29, 1.82) is 0 Å². The number of thioether (sulfide) groups is 1. The Hall–Kier alpha value is -3.42. The molecular weight excluding hydrogens is 460 g/mol. The Bertz CT molecular complexity index is 1450. The summed E-state index contributed by atoms with van der Waals surface area (Å²) in [5.74, 6) is 1.03. The van der Waals surface area contributed by atoms with E-state index < -0.39 is 0 Å². The van der Waals surface area contributed by atoms with Crippen molar-refractivity contribution in [2.45, 2.75) is 25.5 Å². The average molecular weight is 485 g/mol. The van der Waals surface area contributed by atoms with Gasteiger partial charge in [0.1, 0.15) is 0 Å². The molecule has 5 aromatic rings. The summed E-state index contributed by atoms with van der Waals surface area (Å²) in [5, 5.41) is 17.0. The Labute approximate surface area is 206 Å². The van der Waals surface area contributed by atoms with Gasteiger partial charge in [0.25, 0.3) is 0 Å². The SMILES string of the molecule is CCn1c(SCC(=O)Nc2cccc3ccccc23)nnc1-c1csc(C)c1-c1ccccc1. The molecule has 0 fully saturated rings. The number of benzene rings is 3. The Morgan fingerprint density at radius 3 is 2.59 bits per heavy atom. The molecule has 0 spiro atoms. The minimum absolute atomic E-state index is 0.0649. The molecule has 0 saturated heterocycles. The number of amides is 1. The maximum absolute atomic E-state index is 12.8. The second-order valence-electron chi connectivity index (χ2n) is 7.86. The predicted molar refractivity (Wildman–Crippen MR) is 142 cm³/mol. The fraction of sp³-hybridized carbons (Fsp3) is 0.148. The molecule has 7 heteroatoms. The molecule has 5 nitrogen and oxygen atoms in total. The summed E-state index contributed by atoms with van der Waals surface area (Å²) >= 11 is 3.13. The molecule has 3 aromatic carbocycles. The Kier molecular flexibility index (Phi) is 6.47. The Morgan fingerprint density at radius 2 is 1.76 bits per heavy atom. The number of rotatable bonds is 7. The minimum Gasteiger partial charge on any atom is -0.325 e. The van der Waals surface area contributed by atoms with E-state index in [0.29, 0.717) is 0 Å². The molecule has 0 atom stereocenters. The van der Waals surface area contributed by atoms with Crippen LogP contribution in [0.15, 0.2) is 83.3 Å². The second kappa shape index (κ2) is 9.83. The number of aromatic nitrogens is 3. The topological polar surface area (TPSA) is 59.8 Å². The monoisotopic (exact) mass is 484 g/mol. The molecule has 1 amide bonds. The summed E-state index contributed by atoms with van der Waals surface area (Å²) in [6.07, 6.45) is 0. The number of anilines is 1. The number of nitrogens with zero attached hydrogens (tertiary/aromatic N) is 3. The van der Waals surface area contributed by atoms with E-state index in [1.807, 2.05) is 48.5 Å². The lowest BCUT2D eigenvalue weighted by atomic mass is 10.0. The van der Waals surface area contributed by atoms with E-state index in [1.165, 1.54) is 27.8 Å². The van der Waals surface area contributed by atoms with Crippen LogP contribution in [0.5, 0.6) is 0 Å². The van der Waals surface area contributed by atoms with Crippen molar-refractivity contribution < 1.29 is 4.79 Å². The lowest BCUT2D eigenvalue weighted by Gasteiger charge is -2.10. The molecule has 0 bridgehead atoms. The number of hydrogen-bond donors (Lipinski definition) is 1. The third-order valence-corrected chi connectivity index (χ3v) is 7.59. The van der Waals surface area contributed by atoms with Crippen LogP contribution in [0.25, 0.3) is 33.3 Å². The first kappa shape index (κ1) is 22.4. The smallest absolute Gasteiger partial charge is 0.234 e. The summed E-state index contributed by atoms with van der Waals surface area (Å²) in [6.45, 7) is 4.93. The van der Waals surface area contributed by atoms with Gasteiger partial charge in [0, 0.05) is 39.0 Å². The quantitative estimate of drug-likeness (QED) is 0.256. The van der Waals surface area contributed by atoms with E-state index in [-0.39, 0.29) is 11.7 Å². The number of carbonyl (C=O) groups excluding carboxylic acids is 1. The van der Waals surface area contributed by atoms with Crippen molar-refractivity contribution in [3.8, 4) is 22.5 Å². The number of carbonyl (C=O) groups is 1. The third-order valence-electron chi connectivity index (χ3n) is 5.71. The van der Waals surface area contributed by atoms with Gasteiger partial charge in [-0.15, -0.1) is 21.5 Å². The first-order chi connectivity index (χ1) is 16.7. The molecule has 170 valence electrons. The summed E-state index contributed by atoms with van der Waals surface area (Å²) < 4.78 is 2.09. The minimum atomic E-state index is -0.0649. The summed E-state index contributed by atoms with van der Waals surface area (Å²) in [4.78, 5) is 14.0. The highest BCUT2D eigenvalue weighted by molar-refractivity contribution is 7.99. The summed E-state index contributed by atoms with van der Waals surface area (Å²) in [6, 6.07) is 24.3. The van der Waals surface area contributed by atoms with Gasteiger partial charge in [-0.2, -0.15) is 0 Å². The Morgan fingerprint density at radius 1 is 1.00 bits per heavy atom. The Balaban J connectivity index is 1.36. The van der Waals surface area contributed by atoms with Gasteiger partial charge in [-0.05, 0) is 30.9 Å². The standard InChI is InChI=1S/C27H24N4OS2/c1-3-31-26(22-16-33-18(2)25(22)20-11-5-4-6-12-20)29-30-27(31)34-17-24(32)28-23-15-9-13-19-10-7-8-14-21(19)23/h4-16H,3,17H2,1-2H3,(H,28,32). The maximum Gasteiger partial charge on any atom is 0.234 e. The first-order valence-electron chi connectivity index (χ1n) is 11.1. The van der Waals surface area contributed by atoms with Crippen molar-refractivity contribution in [1.82, 2.24) is 14.8 Å². The van der Waals surface area contributed by atoms with Crippen molar-refractivity contribution >= 4 is 45.5 Å². The van der Waals surface area contributed by atoms with E-state index in [4.69, 9.17) is 0 Å². The van der Waals surface area contributed by atoms with Gasteiger partial charge < -0.3 is 9.88 Å². The highest BCUT2D eigenvalue weighted by Crippen LogP contribution is 2.39. The van der Waals surface area contributed by atoms with Crippen LogP contribution in [0, 0.1) is 6.92 Å². The van der Waals surface area contributed by atoms with E-state index in [9.17, 15) is 4.79 Å². The number of nitrogens with one attached hydrogen (secondary N) is 1. The molecule has 0 saturated carbocycles. The number of aryl methyl sites for hydroxylation is 1. The molecule has 0 radical (unpaired) electrons. The number of fused-ring (bicyclic) bond motifs is 1. The molecule has 2 heterocycles. The van der Waals surface area contributed by atoms with Crippen LogP contribution >= 0.6 is 23.1 Å². The molecule has 0 aliphatic heterocycles. The van der Waals surface area contributed by atoms with Crippen LogP contribution in [0.4, 0.5) is 5.69 Å². The average Bonchev–Trinajstić information content (AvgIpc) is 3.46. The van der Waals surface area contributed by atoms with E-state index in [0.717, 1.165) is 39.5 Å². The normalized spacial score (nSPS) is 11.1. The zero-order valence-corrected chi connectivity index (χ0v) is 20.6. The molecule has 0 unspecified atom stereocenters. The van der Waals surface area contributed by atoms with Crippen LogP contribution in [0.3, 0.4) is 0 Å². The van der Waals surface area contributed by atoms with Gasteiger partial charge in [0.05, 0.1) is 5.75 Å². The predicted octanol–water partition coefficient (Wildman–Crippen LogP) is 6.89. The van der Waals surface area contributed by atoms with E-state index in [2.05, 4.69) is 63.6 Å². The maximum atomic E-state index is 12.8. The summed E-state index contributed by atoms with van der Waals surface area (Å²) in [7, 11) is 0. The summed E-state index contributed by atoms with van der Waals surface area (Å²) in [5.41, 5.74) is 4.27. The fourth-order valence-corrected chi connectivity index (χ4v) is 5.78. The highest BCUT2D eigenvalue weighted by Gasteiger charge is 2.20. The van der Waals surface area contributed by atoms with Crippen LogP contribution in [-0.2, 0) is 11.3 Å². The van der Waals surface area contributed by atoms with Crippen LogP contribution in [-0.4, -0.2) is 26.4 Å². The molecule has 2 aromatic heterocycles. The highest BCUT2D eigenvalue weighted by atomic mass is 32.2. The van der Waals surface area contributed by atoms with Gasteiger partial charge in [0.2, 0.25) is 5.91 Å². The van der Waals surface area contributed by atoms with Gasteiger partial charge in [-0.3, -0.25) is 4.79 Å². The molecular formula is C27H24N4OS2. The van der Waals surface area contributed by atoms with Crippen molar-refractivity contribution in [2.24, 2.45) is 0 Å². The fourth-order valence-electron chi connectivity index (χ4n) is 4.11. The lowest BCUT2D eigenvalue weighted by molar-refractivity contribution is -0.113. The lowest BCUT2D eigenvalue weighted by Crippen LogP contribution is -2.15. The van der Waals surface area contributed by atoms with E-state index in [1.54, 1.807) is 11.3 Å². The molecule has 34 heavy (non-hydrogen) atoms. The van der Waals surface area contributed by atoms with E-state index >= 15 is 0 Å². The largest absolute Gasteiger partial charge is 0.325 e. The van der Waals surface area contributed by atoms with Crippen LogP contribution < -0.4 is 5.32 Å². The number of hydrogen-bond acceptors (Lipinski definition) is 5. The van der Waals surface area contributed by atoms with Gasteiger partial charge in [-0.25, -0.2) is 0 Å². The second-order valence-corrected chi connectivity index (χ2v) is 9.89. The van der Waals surface area contributed by atoms with Crippen molar-refractivity contribution in [2.75, 3.05) is 11.1 Å². The van der Waals surface area contributed by atoms with Crippen molar-refractivity contribution in [3.63, 3.8) is 0 Å². The zero-order chi connectivity index (χ0) is 23.5. The van der Waals surface area contributed by atoms with Gasteiger partial charge >= 0.3 is 0 Å². The molecule has 5 rings (SSSR count). The molecule has 0 aliphatic rings. The molecule has 0 aliphatic carbocycles. The van der Waals surface area contributed by atoms with Crippen molar-refractivity contribution in [3.05, 3.63) is 83.1 Å². The van der Waals surface area contributed by atoms with Gasteiger partial charge in [0.15, 0.2) is 11.0 Å².